The third-order valence-corrected chi connectivity index (χ3v) is 8.94. The van der Waals surface area contributed by atoms with E-state index in [1.54, 1.807) is 0 Å². The molecular weight excluding hydrogens is 335 g/mol. The first-order valence-electron chi connectivity index (χ1n) is 6.89. The van der Waals surface area contributed by atoms with Gasteiger partial charge in [0.2, 0.25) is 5.82 Å². The highest BCUT2D eigenvalue weighted by atomic mass is 28.4. The fraction of sp³-hybridized carbons (Fsp3) is 0.400. The summed E-state index contributed by atoms with van der Waals surface area (Å²) < 4.78 is 74.2. The zero-order valence-corrected chi connectivity index (χ0v) is 14.1. The van der Waals surface area contributed by atoms with Crippen LogP contribution in [0.15, 0.2) is 12.7 Å². The molecule has 0 saturated carbocycles. The van der Waals surface area contributed by atoms with Crippen molar-refractivity contribution in [1.29, 1.82) is 0 Å². The van der Waals surface area contributed by atoms with Crippen molar-refractivity contribution in [2.24, 2.45) is 0 Å². The molecule has 0 bridgehead atoms. The zero-order chi connectivity index (χ0) is 18.1. The van der Waals surface area contributed by atoms with Crippen molar-refractivity contribution in [1.82, 2.24) is 0 Å². The molecule has 2 nitrogen and oxygen atoms in total. The molecule has 128 valence electrons. The highest BCUT2D eigenvalue weighted by Gasteiger charge is 2.52. The molecule has 0 radical (unpaired) electrons. The predicted molar refractivity (Wildman–Crippen MR) is 78.1 cm³/mol. The smallest absolute Gasteiger partial charge is 0.317 e. The first kappa shape index (κ1) is 19.3. The summed E-state index contributed by atoms with van der Waals surface area (Å²) in [7, 11) is -3.90. The van der Waals surface area contributed by atoms with Gasteiger partial charge in [-0.05, 0) is 11.1 Å². The van der Waals surface area contributed by atoms with E-state index in [2.05, 4.69) is 6.58 Å². The first-order chi connectivity index (χ1) is 10.5. The predicted octanol–water partition coefficient (Wildman–Crippen LogP) is 4.08. The van der Waals surface area contributed by atoms with Crippen LogP contribution in [-0.4, -0.2) is 14.3 Å². The Morgan fingerprint density at radius 2 is 1.26 bits per heavy atom. The van der Waals surface area contributed by atoms with E-state index in [-0.39, 0.29) is 0 Å². The Labute approximate surface area is 132 Å². The average molecular weight is 352 g/mol. The standard InChI is InChI=1S/C15H17F5O2Si/c1-6-9(21)22-23(7(2)3,8(4)5)15-13(19)11(17)10(16)12(18)14(15)20/h6-8H,1H2,2-5H3. The number of rotatable bonds is 5. The van der Waals surface area contributed by atoms with Crippen molar-refractivity contribution in [3.05, 3.63) is 41.7 Å². The molecule has 0 aliphatic carbocycles. The number of carbonyl (C=O) groups is 1. The van der Waals surface area contributed by atoms with Crippen molar-refractivity contribution in [2.45, 2.75) is 38.8 Å². The van der Waals surface area contributed by atoms with Crippen LogP contribution in [-0.2, 0) is 9.22 Å². The van der Waals surface area contributed by atoms with Crippen LogP contribution in [0.4, 0.5) is 22.0 Å². The first-order valence-corrected chi connectivity index (χ1v) is 8.95. The Balaban J connectivity index is 3.88. The van der Waals surface area contributed by atoms with E-state index in [0.29, 0.717) is 0 Å². The van der Waals surface area contributed by atoms with Crippen LogP contribution >= 0.6 is 0 Å². The molecule has 0 saturated heterocycles. The molecule has 0 atom stereocenters. The van der Waals surface area contributed by atoms with Gasteiger partial charge in [0, 0.05) is 6.08 Å². The van der Waals surface area contributed by atoms with E-state index in [1.165, 1.54) is 27.7 Å². The van der Waals surface area contributed by atoms with Gasteiger partial charge < -0.3 is 4.43 Å². The fourth-order valence-corrected chi connectivity index (χ4v) is 7.07. The molecule has 0 fully saturated rings. The number of hydrogen-bond acceptors (Lipinski definition) is 2. The number of halogens is 5. The Hall–Kier alpha value is -1.70. The molecule has 1 aromatic carbocycles. The van der Waals surface area contributed by atoms with Crippen LogP contribution in [0.25, 0.3) is 0 Å². The minimum absolute atomic E-state index is 0.639. The third-order valence-electron chi connectivity index (χ3n) is 3.75. The zero-order valence-electron chi connectivity index (χ0n) is 13.1. The average Bonchev–Trinajstić information content (AvgIpc) is 2.49. The van der Waals surface area contributed by atoms with Gasteiger partial charge in [0.15, 0.2) is 23.3 Å². The maximum Gasteiger partial charge on any atom is 0.317 e. The lowest BCUT2D eigenvalue weighted by atomic mass is 10.3. The molecule has 0 N–H and O–H groups in total. The fourth-order valence-electron chi connectivity index (χ4n) is 2.69. The lowest BCUT2D eigenvalue weighted by Crippen LogP contribution is -2.60. The summed E-state index contributed by atoms with van der Waals surface area (Å²) in [5, 5.41) is -1.02. The minimum Gasteiger partial charge on any atom is -0.511 e. The van der Waals surface area contributed by atoms with Crippen LogP contribution in [0.1, 0.15) is 27.7 Å². The molecule has 0 aliphatic rings. The molecular formula is C15H17F5O2Si. The Morgan fingerprint density at radius 1 is 0.913 bits per heavy atom. The van der Waals surface area contributed by atoms with Gasteiger partial charge in [0.25, 0.3) is 8.32 Å². The summed E-state index contributed by atoms with van der Waals surface area (Å²) in [6, 6.07) is 0. The van der Waals surface area contributed by atoms with Gasteiger partial charge in [-0.1, -0.05) is 34.3 Å². The molecule has 0 aliphatic heterocycles. The molecule has 0 aromatic heterocycles. The molecule has 0 unspecified atom stereocenters. The van der Waals surface area contributed by atoms with Crippen LogP contribution in [0.5, 0.6) is 0 Å². The number of hydrogen-bond donors (Lipinski definition) is 0. The highest BCUT2D eigenvalue weighted by molar-refractivity contribution is 6.90. The summed E-state index contributed by atoms with van der Waals surface area (Å²) in [6.45, 7) is 9.26. The van der Waals surface area contributed by atoms with Crippen LogP contribution in [0.3, 0.4) is 0 Å². The lowest BCUT2D eigenvalue weighted by Gasteiger charge is -2.38. The van der Waals surface area contributed by atoms with E-state index < -0.39 is 59.6 Å². The van der Waals surface area contributed by atoms with Crippen molar-refractivity contribution in [3.8, 4) is 0 Å². The van der Waals surface area contributed by atoms with Crippen LogP contribution in [0.2, 0.25) is 11.1 Å². The summed E-state index contributed by atoms with van der Waals surface area (Å²) >= 11 is 0. The van der Waals surface area contributed by atoms with Gasteiger partial charge in [-0.3, -0.25) is 0 Å². The normalized spacial score (nSPS) is 12.0. The van der Waals surface area contributed by atoms with Gasteiger partial charge in [0.05, 0.1) is 5.19 Å². The maximum atomic E-state index is 14.3. The Bertz CT molecular complexity index is 606. The monoisotopic (exact) mass is 352 g/mol. The summed E-state index contributed by atoms with van der Waals surface area (Å²) in [4.78, 5) is 11.7. The summed E-state index contributed by atoms with van der Waals surface area (Å²) in [5.41, 5.74) is -1.28. The molecule has 1 aromatic rings. The van der Waals surface area contributed by atoms with Crippen LogP contribution < -0.4 is 5.19 Å². The number of carbonyl (C=O) groups excluding carboxylic acids is 1. The second-order valence-corrected chi connectivity index (χ2v) is 10.3. The molecule has 0 spiro atoms. The van der Waals surface area contributed by atoms with E-state index in [1.807, 2.05) is 0 Å². The Kier molecular flexibility index (Phi) is 5.73. The lowest BCUT2D eigenvalue weighted by molar-refractivity contribution is -0.129. The SMILES string of the molecule is C=CC(=O)O[Si](c1c(F)c(F)c(F)c(F)c1F)(C(C)C)C(C)C. The van der Waals surface area contributed by atoms with Crippen molar-refractivity contribution < 1.29 is 31.2 Å². The van der Waals surface area contributed by atoms with Gasteiger partial charge in [-0.2, -0.15) is 0 Å². The van der Waals surface area contributed by atoms with Crippen molar-refractivity contribution in [2.75, 3.05) is 0 Å². The van der Waals surface area contributed by atoms with Crippen molar-refractivity contribution in [3.63, 3.8) is 0 Å². The quantitative estimate of drug-likeness (QED) is 0.262. The second kappa shape index (κ2) is 6.82. The van der Waals surface area contributed by atoms with E-state index >= 15 is 0 Å². The van der Waals surface area contributed by atoms with Gasteiger partial charge in [-0.25, -0.2) is 26.7 Å². The minimum atomic E-state index is -3.90. The van der Waals surface area contributed by atoms with E-state index in [0.717, 1.165) is 6.08 Å². The second-order valence-electron chi connectivity index (χ2n) is 5.67. The molecule has 23 heavy (non-hydrogen) atoms. The van der Waals surface area contributed by atoms with Gasteiger partial charge >= 0.3 is 5.97 Å². The molecule has 0 heterocycles. The van der Waals surface area contributed by atoms with E-state index in [4.69, 9.17) is 4.43 Å². The third kappa shape index (κ3) is 3.04. The summed E-state index contributed by atoms with van der Waals surface area (Å²) in [5.74, 6) is -11.2. The van der Waals surface area contributed by atoms with Gasteiger partial charge in [0.1, 0.15) is 0 Å². The van der Waals surface area contributed by atoms with Gasteiger partial charge in [-0.15, -0.1) is 0 Å². The van der Waals surface area contributed by atoms with E-state index in [9.17, 15) is 26.7 Å². The maximum absolute atomic E-state index is 14.3. The largest absolute Gasteiger partial charge is 0.511 e. The Morgan fingerprint density at radius 3 is 1.57 bits per heavy atom. The van der Waals surface area contributed by atoms with Crippen molar-refractivity contribution >= 4 is 19.5 Å². The number of benzene rings is 1. The molecule has 8 heteroatoms. The summed E-state index contributed by atoms with van der Waals surface area (Å²) in [6.07, 6.45) is 0.790. The molecule has 1 rings (SSSR count). The highest BCUT2D eigenvalue weighted by Crippen LogP contribution is 2.36. The van der Waals surface area contributed by atoms with Crippen LogP contribution in [0, 0.1) is 29.1 Å². The topological polar surface area (TPSA) is 26.3 Å². The molecule has 0 amide bonds.